The summed E-state index contributed by atoms with van der Waals surface area (Å²) in [6.45, 7) is 8.03. The second-order valence-electron chi connectivity index (χ2n) is 9.78. The van der Waals surface area contributed by atoms with E-state index in [0.717, 1.165) is 42.6 Å². The fraction of sp³-hybridized carbons (Fsp3) is 0.480. The van der Waals surface area contributed by atoms with E-state index in [1.165, 1.54) is 5.56 Å². The minimum atomic E-state index is -0.0651. The molecule has 2 aromatic heterocycles. The molecule has 0 saturated heterocycles. The molecule has 0 aliphatic carbocycles. The predicted octanol–water partition coefficient (Wildman–Crippen LogP) is 4.20. The summed E-state index contributed by atoms with van der Waals surface area (Å²) >= 11 is 0. The molecule has 0 amide bonds. The lowest BCUT2D eigenvalue weighted by molar-refractivity contribution is 0.342. The van der Waals surface area contributed by atoms with Crippen LogP contribution in [0.2, 0.25) is 0 Å². The molecule has 6 heteroatoms. The minimum absolute atomic E-state index is 0.0221. The van der Waals surface area contributed by atoms with E-state index in [4.69, 9.17) is 4.98 Å². The van der Waals surface area contributed by atoms with Gasteiger partial charge >= 0.3 is 5.69 Å². The van der Waals surface area contributed by atoms with Crippen LogP contribution in [0.4, 0.5) is 0 Å². The van der Waals surface area contributed by atoms with Gasteiger partial charge in [0.05, 0.1) is 22.8 Å². The molecule has 0 saturated carbocycles. The molecule has 164 valence electrons. The fourth-order valence-corrected chi connectivity index (χ4v) is 3.86. The average Bonchev–Trinajstić information content (AvgIpc) is 2.94. The third-order valence-electron chi connectivity index (χ3n) is 5.41. The molecule has 0 unspecified atom stereocenters. The molecule has 0 aliphatic heterocycles. The quantitative estimate of drug-likeness (QED) is 0.538. The van der Waals surface area contributed by atoms with Gasteiger partial charge in [0.15, 0.2) is 5.65 Å². The molecule has 0 bridgehead atoms. The Labute approximate surface area is 184 Å². The van der Waals surface area contributed by atoms with Gasteiger partial charge in [0.25, 0.3) is 0 Å². The molecule has 3 rings (SSSR count). The van der Waals surface area contributed by atoms with Gasteiger partial charge in [-0.25, -0.2) is 9.78 Å². The molecule has 3 aromatic rings. The number of unbranched alkanes of at least 4 members (excludes halogenated alkanes) is 1. The molecule has 31 heavy (non-hydrogen) atoms. The highest BCUT2D eigenvalue weighted by Gasteiger charge is 2.19. The van der Waals surface area contributed by atoms with Crippen LogP contribution in [-0.2, 0) is 20.0 Å². The van der Waals surface area contributed by atoms with Crippen molar-refractivity contribution in [2.45, 2.75) is 46.6 Å². The van der Waals surface area contributed by atoms with Crippen LogP contribution in [0.3, 0.4) is 0 Å². The summed E-state index contributed by atoms with van der Waals surface area (Å²) in [5.74, 6) is 0. The molecule has 2 heterocycles. The van der Waals surface area contributed by atoms with Crippen LogP contribution < -0.4 is 5.69 Å². The lowest BCUT2D eigenvalue weighted by Crippen LogP contribution is -2.27. The van der Waals surface area contributed by atoms with Gasteiger partial charge in [-0.1, -0.05) is 26.8 Å². The topological polar surface area (TPSA) is 66.8 Å². The van der Waals surface area contributed by atoms with Gasteiger partial charge in [0.2, 0.25) is 0 Å². The van der Waals surface area contributed by atoms with Gasteiger partial charge in [-0.3, -0.25) is 9.13 Å². The third-order valence-corrected chi connectivity index (χ3v) is 5.41. The summed E-state index contributed by atoms with van der Waals surface area (Å²) in [4.78, 5) is 19.8. The molecule has 0 atom stereocenters. The highest BCUT2D eigenvalue weighted by atomic mass is 16.1. The Balaban J connectivity index is 1.99. The Morgan fingerprint density at radius 3 is 2.52 bits per heavy atom. The molecule has 0 fully saturated rings. The number of hydrogen-bond donors (Lipinski definition) is 0. The normalized spacial score (nSPS) is 11.9. The maximum Gasteiger partial charge on any atom is 0.330 e. The Morgan fingerprint density at radius 2 is 1.87 bits per heavy atom. The van der Waals surface area contributed by atoms with E-state index >= 15 is 0 Å². The summed E-state index contributed by atoms with van der Waals surface area (Å²) in [5, 5.41) is 9.65. The Morgan fingerprint density at radius 1 is 1.13 bits per heavy atom. The van der Waals surface area contributed by atoms with Crippen molar-refractivity contribution in [1.82, 2.24) is 19.0 Å². The van der Waals surface area contributed by atoms with Crippen molar-refractivity contribution in [3.05, 3.63) is 51.9 Å². The maximum atomic E-state index is 12.8. The Kier molecular flexibility index (Phi) is 6.66. The van der Waals surface area contributed by atoms with Gasteiger partial charge in [-0.05, 0) is 75.1 Å². The molecule has 0 N–H and O–H groups in total. The van der Waals surface area contributed by atoms with Crippen LogP contribution in [0, 0.1) is 16.7 Å². The van der Waals surface area contributed by atoms with Crippen molar-refractivity contribution in [2.75, 3.05) is 20.6 Å². The highest BCUT2D eigenvalue weighted by Crippen LogP contribution is 2.27. The number of pyridine rings is 1. The number of hydrogen-bond acceptors (Lipinski definition) is 4. The van der Waals surface area contributed by atoms with E-state index in [1.807, 2.05) is 24.3 Å². The number of fused-ring (bicyclic) bond motifs is 1. The first-order valence-corrected chi connectivity index (χ1v) is 10.8. The molecular formula is C25H33N5O. The number of rotatable bonds is 7. The lowest BCUT2D eigenvalue weighted by Gasteiger charge is -2.18. The SMILES string of the molecule is CN(C)CCCCc1ccc(C#N)c(-c2ccc3c(n2)n(C)c(=O)n3CC(C)(C)C)c1. The second-order valence-corrected chi connectivity index (χ2v) is 9.78. The summed E-state index contributed by atoms with van der Waals surface area (Å²) < 4.78 is 3.39. The van der Waals surface area contributed by atoms with Gasteiger partial charge in [-0.15, -0.1) is 0 Å². The first-order valence-electron chi connectivity index (χ1n) is 10.8. The van der Waals surface area contributed by atoms with Crippen LogP contribution in [0.15, 0.2) is 35.1 Å². The Hall–Kier alpha value is -2.91. The predicted molar refractivity (Wildman–Crippen MR) is 126 cm³/mol. The first kappa shape index (κ1) is 22.8. The molecule has 6 nitrogen and oxygen atoms in total. The van der Waals surface area contributed by atoms with E-state index in [2.05, 4.69) is 51.9 Å². The van der Waals surface area contributed by atoms with E-state index < -0.39 is 0 Å². The van der Waals surface area contributed by atoms with E-state index in [-0.39, 0.29) is 11.1 Å². The molecule has 1 aromatic carbocycles. The highest BCUT2D eigenvalue weighted by molar-refractivity contribution is 5.78. The minimum Gasteiger partial charge on any atom is -0.309 e. The summed E-state index contributed by atoms with van der Waals surface area (Å²) in [5.41, 5.74) is 4.73. The van der Waals surface area contributed by atoms with Crippen molar-refractivity contribution < 1.29 is 0 Å². The number of benzene rings is 1. The Bertz CT molecular complexity index is 1170. The van der Waals surface area contributed by atoms with Crippen molar-refractivity contribution >= 4 is 11.2 Å². The molecule has 0 aliphatic rings. The number of nitrogens with zero attached hydrogens (tertiary/aromatic N) is 5. The van der Waals surface area contributed by atoms with Gasteiger partial charge < -0.3 is 4.90 Å². The number of nitriles is 1. The lowest BCUT2D eigenvalue weighted by atomic mass is 9.97. The van der Waals surface area contributed by atoms with E-state index in [9.17, 15) is 10.1 Å². The van der Waals surface area contributed by atoms with Crippen LogP contribution >= 0.6 is 0 Å². The number of aromatic nitrogens is 3. The van der Waals surface area contributed by atoms with E-state index in [0.29, 0.717) is 17.8 Å². The van der Waals surface area contributed by atoms with Crippen LogP contribution in [-0.4, -0.2) is 39.7 Å². The van der Waals surface area contributed by atoms with Crippen molar-refractivity contribution in [3.8, 4) is 17.3 Å². The fourth-order valence-electron chi connectivity index (χ4n) is 3.86. The van der Waals surface area contributed by atoms with Crippen LogP contribution in [0.25, 0.3) is 22.4 Å². The average molecular weight is 420 g/mol. The van der Waals surface area contributed by atoms with Crippen molar-refractivity contribution in [3.63, 3.8) is 0 Å². The van der Waals surface area contributed by atoms with Crippen molar-refractivity contribution in [2.24, 2.45) is 12.5 Å². The van der Waals surface area contributed by atoms with Crippen molar-refractivity contribution in [1.29, 1.82) is 5.26 Å². The monoisotopic (exact) mass is 419 g/mol. The molecule has 0 radical (unpaired) electrons. The summed E-state index contributed by atoms with van der Waals surface area (Å²) in [6, 6.07) is 12.2. The molecular weight excluding hydrogens is 386 g/mol. The summed E-state index contributed by atoms with van der Waals surface area (Å²) in [7, 11) is 5.93. The standard InChI is InChI=1S/C25H33N5O/c1-25(2,3)17-30-22-13-12-21(27-23(22)29(6)24(30)31)20-15-18(10-11-19(20)16-26)9-7-8-14-28(4)5/h10-13,15H,7-9,14,17H2,1-6H3. The van der Waals surface area contributed by atoms with Gasteiger partial charge in [-0.2, -0.15) is 5.26 Å². The van der Waals surface area contributed by atoms with Gasteiger partial charge in [0.1, 0.15) is 0 Å². The zero-order chi connectivity index (χ0) is 22.8. The zero-order valence-electron chi connectivity index (χ0n) is 19.6. The smallest absolute Gasteiger partial charge is 0.309 e. The van der Waals surface area contributed by atoms with Crippen LogP contribution in [0.5, 0.6) is 0 Å². The second kappa shape index (κ2) is 9.07. The zero-order valence-corrected chi connectivity index (χ0v) is 19.6. The maximum absolute atomic E-state index is 12.8. The largest absolute Gasteiger partial charge is 0.330 e. The first-order chi connectivity index (χ1) is 14.6. The number of aryl methyl sites for hydroxylation is 2. The van der Waals surface area contributed by atoms with Crippen LogP contribution in [0.1, 0.15) is 44.7 Å². The van der Waals surface area contributed by atoms with E-state index in [1.54, 1.807) is 16.2 Å². The third kappa shape index (κ3) is 5.23. The molecule has 0 spiro atoms. The number of imidazole rings is 1. The summed E-state index contributed by atoms with van der Waals surface area (Å²) in [6.07, 6.45) is 3.20. The van der Waals surface area contributed by atoms with Gasteiger partial charge in [0, 0.05) is 19.2 Å².